The lowest BCUT2D eigenvalue weighted by molar-refractivity contribution is -0.115. The highest BCUT2D eigenvalue weighted by atomic mass is 32.2. The molecule has 2 aromatic carbocycles. The van der Waals surface area contributed by atoms with Gasteiger partial charge < -0.3 is 9.88 Å². The number of aromatic nitrogens is 4. The quantitative estimate of drug-likeness (QED) is 0.335. The van der Waals surface area contributed by atoms with Crippen LogP contribution in [0.1, 0.15) is 37.6 Å². The number of fused-ring (bicyclic) bond motifs is 3. The topological polar surface area (TPSA) is 89.8 Å². The van der Waals surface area contributed by atoms with Crippen molar-refractivity contribution in [3.8, 4) is 0 Å². The van der Waals surface area contributed by atoms with Crippen molar-refractivity contribution in [1.82, 2.24) is 19.7 Å². The Kier molecular flexibility index (Phi) is 5.99. The monoisotopic (exact) mass is 433 g/mol. The van der Waals surface area contributed by atoms with Crippen molar-refractivity contribution in [2.45, 2.75) is 44.1 Å². The summed E-state index contributed by atoms with van der Waals surface area (Å²) in [7, 11) is 0. The Morgan fingerprint density at radius 1 is 1.06 bits per heavy atom. The number of rotatable bonds is 7. The molecule has 4 rings (SSSR count). The number of amides is 1. The molecule has 0 saturated heterocycles. The van der Waals surface area contributed by atoms with E-state index in [0.29, 0.717) is 22.8 Å². The zero-order valence-electron chi connectivity index (χ0n) is 17.6. The molecular formula is C23H23N5O2S. The number of nitrogens with one attached hydrogen (secondary N) is 1. The first-order valence-electron chi connectivity index (χ1n) is 10.2. The van der Waals surface area contributed by atoms with Crippen LogP contribution in [0.4, 0.5) is 5.69 Å². The summed E-state index contributed by atoms with van der Waals surface area (Å²) in [5.74, 6) is -0.146. The van der Waals surface area contributed by atoms with E-state index in [1.54, 1.807) is 24.3 Å². The molecule has 8 heteroatoms. The summed E-state index contributed by atoms with van der Waals surface area (Å²) >= 11 is 1.30. The molecule has 1 N–H and O–H groups in total. The summed E-state index contributed by atoms with van der Waals surface area (Å²) in [5, 5.41) is 12.7. The first-order chi connectivity index (χ1) is 15.0. The molecule has 0 bridgehead atoms. The van der Waals surface area contributed by atoms with Crippen LogP contribution < -0.4 is 5.32 Å². The number of hydrogen-bond donors (Lipinski definition) is 1. The van der Waals surface area contributed by atoms with Crippen LogP contribution in [0.25, 0.3) is 22.1 Å². The number of carbonyl (C=O) groups excluding carboxylic acids is 2. The number of aryl methyl sites for hydroxylation is 1. The fourth-order valence-corrected chi connectivity index (χ4v) is 4.33. The standard InChI is InChI=1S/C23H23N5O2S/c1-4-19(22(30)24-16-12-10-15(11-13-16)14(3)29)31-23-25-21-20(26-27-23)17-8-6-7-9-18(17)28(21)5-2/h6-13,19H,4-5H2,1-3H3,(H,24,30)/t19-/m0/s1. The lowest BCUT2D eigenvalue weighted by atomic mass is 10.1. The van der Waals surface area contributed by atoms with Crippen molar-refractivity contribution in [2.75, 3.05) is 5.32 Å². The lowest BCUT2D eigenvalue weighted by Gasteiger charge is -2.14. The van der Waals surface area contributed by atoms with Crippen molar-refractivity contribution in [3.05, 3.63) is 54.1 Å². The van der Waals surface area contributed by atoms with E-state index >= 15 is 0 Å². The fraction of sp³-hybridized carbons (Fsp3) is 0.261. The zero-order chi connectivity index (χ0) is 22.0. The molecule has 0 aliphatic heterocycles. The number of hydrogen-bond acceptors (Lipinski definition) is 6. The van der Waals surface area contributed by atoms with E-state index in [0.717, 1.165) is 28.6 Å². The predicted molar refractivity (Wildman–Crippen MR) is 124 cm³/mol. The highest BCUT2D eigenvalue weighted by Gasteiger charge is 2.21. The third-order valence-corrected chi connectivity index (χ3v) is 6.36. The summed E-state index contributed by atoms with van der Waals surface area (Å²) < 4.78 is 2.11. The number of para-hydroxylation sites is 1. The molecule has 0 unspecified atom stereocenters. The van der Waals surface area contributed by atoms with Gasteiger partial charge in [-0.3, -0.25) is 9.59 Å². The second-order valence-electron chi connectivity index (χ2n) is 7.17. The van der Waals surface area contributed by atoms with Crippen molar-refractivity contribution in [1.29, 1.82) is 0 Å². The number of Topliss-reactive ketones (excluding diaryl/α,β-unsaturated/α-hetero) is 1. The minimum absolute atomic E-state index is 0.00982. The largest absolute Gasteiger partial charge is 0.325 e. The van der Waals surface area contributed by atoms with Crippen LogP contribution in [0.15, 0.2) is 53.7 Å². The second-order valence-corrected chi connectivity index (χ2v) is 8.34. The Hall–Kier alpha value is -3.26. The summed E-state index contributed by atoms with van der Waals surface area (Å²) in [6.07, 6.45) is 0.611. The molecular weight excluding hydrogens is 410 g/mol. The van der Waals surface area contributed by atoms with Gasteiger partial charge in [0.05, 0.1) is 10.8 Å². The van der Waals surface area contributed by atoms with Gasteiger partial charge in [-0.25, -0.2) is 4.98 Å². The van der Waals surface area contributed by atoms with Gasteiger partial charge in [0.2, 0.25) is 11.1 Å². The van der Waals surface area contributed by atoms with Crippen LogP contribution in [0, 0.1) is 0 Å². The Labute approximate surface area is 184 Å². The Bertz CT molecular complexity index is 1270. The molecule has 1 atom stereocenters. The van der Waals surface area contributed by atoms with E-state index in [-0.39, 0.29) is 16.9 Å². The van der Waals surface area contributed by atoms with Crippen LogP contribution in [0.5, 0.6) is 0 Å². The molecule has 0 aliphatic carbocycles. The van der Waals surface area contributed by atoms with E-state index < -0.39 is 0 Å². The maximum Gasteiger partial charge on any atom is 0.237 e. The summed E-state index contributed by atoms with van der Waals surface area (Å²) in [6, 6.07) is 14.9. The van der Waals surface area contributed by atoms with Crippen LogP contribution in [0.3, 0.4) is 0 Å². The normalized spacial score (nSPS) is 12.2. The van der Waals surface area contributed by atoms with E-state index in [1.165, 1.54) is 18.7 Å². The number of anilines is 1. The number of carbonyl (C=O) groups is 2. The maximum absolute atomic E-state index is 12.8. The Balaban J connectivity index is 1.57. The lowest BCUT2D eigenvalue weighted by Crippen LogP contribution is -2.25. The van der Waals surface area contributed by atoms with E-state index in [1.807, 2.05) is 25.1 Å². The SMILES string of the molecule is CC[C@H](Sc1nnc2c3ccccc3n(CC)c2n1)C(=O)Nc1ccc(C(C)=O)cc1. The van der Waals surface area contributed by atoms with E-state index in [2.05, 4.69) is 33.1 Å². The van der Waals surface area contributed by atoms with Gasteiger partial charge in [0, 0.05) is 23.2 Å². The smallest absolute Gasteiger partial charge is 0.237 e. The molecule has 0 radical (unpaired) electrons. The first-order valence-corrected chi connectivity index (χ1v) is 11.1. The molecule has 0 fully saturated rings. The third kappa shape index (κ3) is 4.16. The summed E-state index contributed by atoms with van der Waals surface area (Å²) in [4.78, 5) is 29.0. The Morgan fingerprint density at radius 3 is 2.48 bits per heavy atom. The van der Waals surface area contributed by atoms with Gasteiger partial charge in [0.25, 0.3) is 0 Å². The van der Waals surface area contributed by atoms with Gasteiger partial charge in [0.15, 0.2) is 11.4 Å². The number of nitrogens with zero attached hydrogens (tertiary/aromatic N) is 4. The number of benzene rings is 2. The highest BCUT2D eigenvalue weighted by molar-refractivity contribution is 8.00. The fourth-order valence-electron chi connectivity index (χ4n) is 3.52. The molecule has 0 spiro atoms. The third-order valence-electron chi connectivity index (χ3n) is 5.14. The molecule has 31 heavy (non-hydrogen) atoms. The average Bonchev–Trinajstić information content (AvgIpc) is 3.10. The van der Waals surface area contributed by atoms with E-state index in [9.17, 15) is 9.59 Å². The van der Waals surface area contributed by atoms with Gasteiger partial charge in [-0.05, 0) is 50.6 Å². The van der Waals surface area contributed by atoms with Gasteiger partial charge >= 0.3 is 0 Å². The first kappa shape index (κ1) is 21.0. The van der Waals surface area contributed by atoms with Crippen LogP contribution >= 0.6 is 11.8 Å². The summed E-state index contributed by atoms with van der Waals surface area (Å²) in [5.41, 5.74) is 3.87. The number of thioether (sulfide) groups is 1. The van der Waals surface area contributed by atoms with Crippen molar-refractivity contribution < 1.29 is 9.59 Å². The zero-order valence-corrected chi connectivity index (χ0v) is 18.4. The van der Waals surface area contributed by atoms with Crippen LogP contribution in [-0.2, 0) is 11.3 Å². The molecule has 7 nitrogen and oxygen atoms in total. The van der Waals surface area contributed by atoms with Crippen molar-refractivity contribution >= 4 is 51.2 Å². The molecule has 2 aromatic heterocycles. The van der Waals surface area contributed by atoms with Gasteiger partial charge in [-0.2, -0.15) is 0 Å². The Morgan fingerprint density at radius 2 is 1.81 bits per heavy atom. The summed E-state index contributed by atoms with van der Waals surface area (Å²) in [6.45, 7) is 6.30. The van der Waals surface area contributed by atoms with Crippen molar-refractivity contribution in [2.24, 2.45) is 0 Å². The van der Waals surface area contributed by atoms with Crippen LogP contribution in [-0.4, -0.2) is 36.7 Å². The minimum Gasteiger partial charge on any atom is -0.325 e. The number of ketones is 1. The van der Waals surface area contributed by atoms with Crippen molar-refractivity contribution in [3.63, 3.8) is 0 Å². The maximum atomic E-state index is 12.8. The molecule has 2 heterocycles. The van der Waals surface area contributed by atoms with Crippen LogP contribution in [0.2, 0.25) is 0 Å². The second kappa shape index (κ2) is 8.85. The molecule has 1 amide bonds. The van der Waals surface area contributed by atoms with Gasteiger partial charge in [-0.1, -0.05) is 36.9 Å². The molecule has 4 aromatic rings. The molecule has 158 valence electrons. The van der Waals surface area contributed by atoms with E-state index in [4.69, 9.17) is 4.98 Å². The minimum atomic E-state index is -0.369. The molecule has 0 saturated carbocycles. The van der Waals surface area contributed by atoms with Gasteiger partial charge in [0.1, 0.15) is 5.52 Å². The predicted octanol–water partition coefficient (Wildman–Crippen LogP) is 4.71. The average molecular weight is 434 g/mol. The molecule has 0 aliphatic rings. The highest BCUT2D eigenvalue weighted by Crippen LogP contribution is 2.29. The van der Waals surface area contributed by atoms with Gasteiger partial charge in [-0.15, -0.1) is 10.2 Å².